The van der Waals surface area contributed by atoms with E-state index in [-0.39, 0.29) is 5.69 Å². The molecule has 0 fully saturated rings. The second kappa shape index (κ2) is 4.00. The maximum absolute atomic E-state index is 11.2. The third kappa shape index (κ3) is 1.55. The number of aromatic carboxylic acids is 1. The van der Waals surface area contributed by atoms with Crippen LogP contribution in [-0.2, 0) is 0 Å². The van der Waals surface area contributed by atoms with Crippen LogP contribution in [-0.4, -0.2) is 20.5 Å². The Hall–Kier alpha value is -2.62. The summed E-state index contributed by atoms with van der Waals surface area (Å²) >= 11 is 0. The van der Waals surface area contributed by atoms with Crippen molar-refractivity contribution in [3.8, 4) is 11.4 Å². The molecule has 0 saturated carbocycles. The van der Waals surface area contributed by atoms with Gasteiger partial charge in [0.15, 0.2) is 5.69 Å². The van der Waals surface area contributed by atoms with E-state index >= 15 is 0 Å². The van der Waals surface area contributed by atoms with Gasteiger partial charge in [-0.05, 0) is 12.1 Å². The molecule has 0 radical (unpaired) electrons. The average molecular weight is 238 g/mol. The van der Waals surface area contributed by atoms with Crippen molar-refractivity contribution in [3.05, 3.63) is 60.4 Å². The van der Waals surface area contributed by atoms with E-state index in [2.05, 4.69) is 4.98 Å². The van der Waals surface area contributed by atoms with Gasteiger partial charge < -0.3 is 5.11 Å². The number of fused-ring (bicyclic) bond motifs is 1. The Bertz CT molecular complexity index is 717. The summed E-state index contributed by atoms with van der Waals surface area (Å²) in [6.45, 7) is 0. The standard InChI is InChI=1S/C14H10N2O2/c17-14(18)12-11-8-4-5-9-16(11)13(15-12)10-6-2-1-3-7-10/h1-9H,(H,17,18). The Kier molecular flexibility index (Phi) is 2.34. The maximum atomic E-state index is 11.2. The summed E-state index contributed by atoms with van der Waals surface area (Å²) in [5, 5.41) is 9.17. The second-order valence-corrected chi connectivity index (χ2v) is 3.91. The zero-order chi connectivity index (χ0) is 12.5. The lowest BCUT2D eigenvalue weighted by atomic mass is 10.2. The van der Waals surface area contributed by atoms with Gasteiger partial charge in [0.1, 0.15) is 5.82 Å². The number of pyridine rings is 1. The SMILES string of the molecule is O=C(O)c1nc(-c2ccccc2)n2ccccc12. The highest BCUT2D eigenvalue weighted by molar-refractivity contribution is 5.94. The average Bonchev–Trinajstić information content (AvgIpc) is 2.79. The molecule has 3 aromatic rings. The molecule has 3 rings (SSSR count). The van der Waals surface area contributed by atoms with Crippen molar-refractivity contribution < 1.29 is 9.90 Å². The van der Waals surface area contributed by atoms with Crippen LogP contribution in [0.4, 0.5) is 0 Å². The van der Waals surface area contributed by atoms with Gasteiger partial charge >= 0.3 is 5.97 Å². The molecule has 0 aliphatic rings. The molecule has 1 N–H and O–H groups in total. The maximum Gasteiger partial charge on any atom is 0.356 e. The lowest BCUT2D eigenvalue weighted by Crippen LogP contribution is -1.96. The summed E-state index contributed by atoms with van der Waals surface area (Å²) < 4.78 is 1.79. The summed E-state index contributed by atoms with van der Waals surface area (Å²) in [5.41, 5.74) is 1.57. The predicted octanol–water partition coefficient (Wildman–Crippen LogP) is 2.70. The molecule has 2 heterocycles. The van der Waals surface area contributed by atoms with Crippen LogP contribution in [0, 0.1) is 0 Å². The number of hydrogen-bond acceptors (Lipinski definition) is 2. The Morgan fingerprint density at radius 1 is 1.06 bits per heavy atom. The molecular weight excluding hydrogens is 228 g/mol. The summed E-state index contributed by atoms with van der Waals surface area (Å²) in [7, 11) is 0. The lowest BCUT2D eigenvalue weighted by molar-refractivity contribution is 0.0693. The number of carbonyl (C=O) groups is 1. The van der Waals surface area contributed by atoms with E-state index in [1.54, 1.807) is 16.5 Å². The highest BCUT2D eigenvalue weighted by Crippen LogP contribution is 2.22. The third-order valence-electron chi connectivity index (χ3n) is 2.78. The van der Waals surface area contributed by atoms with E-state index in [9.17, 15) is 4.79 Å². The molecule has 1 aromatic carbocycles. The topological polar surface area (TPSA) is 54.6 Å². The van der Waals surface area contributed by atoms with Crippen LogP contribution in [0.3, 0.4) is 0 Å². The zero-order valence-corrected chi connectivity index (χ0v) is 9.45. The second-order valence-electron chi connectivity index (χ2n) is 3.91. The van der Waals surface area contributed by atoms with Crippen molar-refractivity contribution >= 4 is 11.5 Å². The predicted molar refractivity (Wildman–Crippen MR) is 67.6 cm³/mol. The van der Waals surface area contributed by atoms with E-state index in [0.29, 0.717) is 11.3 Å². The van der Waals surface area contributed by atoms with Crippen LogP contribution in [0.15, 0.2) is 54.7 Å². The van der Waals surface area contributed by atoms with E-state index in [1.807, 2.05) is 42.6 Å². The molecule has 4 nitrogen and oxygen atoms in total. The zero-order valence-electron chi connectivity index (χ0n) is 9.45. The number of carboxylic acids is 1. The largest absolute Gasteiger partial charge is 0.476 e. The molecule has 0 atom stereocenters. The first-order valence-corrected chi connectivity index (χ1v) is 5.53. The molecule has 0 bridgehead atoms. The first-order chi connectivity index (χ1) is 8.77. The van der Waals surface area contributed by atoms with Gasteiger partial charge in [-0.3, -0.25) is 4.40 Å². The molecule has 0 unspecified atom stereocenters. The van der Waals surface area contributed by atoms with Crippen LogP contribution < -0.4 is 0 Å². The number of carboxylic acid groups (broad SMARTS) is 1. The fourth-order valence-corrected chi connectivity index (χ4v) is 1.99. The number of hydrogen-bond donors (Lipinski definition) is 1. The van der Waals surface area contributed by atoms with Crippen molar-refractivity contribution in [3.63, 3.8) is 0 Å². The van der Waals surface area contributed by atoms with E-state index in [0.717, 1.165) is 5.56 Å². The van der Waals surface area contributed by atoms with E-state index in [1.165, 1.54) is 0 Å². The highest BCUT2D eigenvalue weighted by atomic mass is 16.4. The van der Waals surface area contributed by atoms with Gasteiger partial charge in [-0.15, -0.1) is 0 Å². The smallest absolute Gasteiger partial charge is 0.356 e. The van der Waals surface area contributed by atoms with Crippen molar-refractivity contribution in [1.29, 1.82) is 0 Å². The van der Waals surface area contributed by atoms with Crippen LogP contribution in [0.25, 0.3) is 16.9 Å². The number of imidazole rings is 1. The molecule has 4 heteroatoms. The summed E-state index contributed by atoms with van der Waals surface area (Å²) in [4.78, 5) is 15.4. The Balaban J connectivity index is 2.34. The summed E-state index contributed by atoms with van der Waals surface area (Å²) in [5.74, 6) is -0.371. The number of benzene rings is 1. The van der Waals surface area contributed by atoms with Gasteiger partial charge in [0.05, 0.1) is 5.52 Å². The van der Waals surface area contributed by atoms with Gasteiger partial charge in [0.25, 0.3) is 0 Å². The van der Waals surface area contributed by atoms with Crippen molar-refractivity contribution in [2.45, 2.75) is 0 Å². The van der Waals surface area contributed by atoms with Gasteiger partial charge in [-0.25, -0.2) is 9.78 Å². The normalized spacial score (nSPS) is 10.7. The number of nitrogens with zero attached hydrogens (tertiary/aromatic N) is 2. The van der Waals surface area contributed by atoms with Gasteiger partial charge in [0, 0.05) is 11.8 Å². The molecule has 18 heavy (non-hydrogen) atoms. The highest BCUT2D eigenvalue weighted by Gasteiger charge is 2.16. The Morgan fingerprint density at radius 2 is 1.78 bits per heavy atom. The summed E-state index contributed by atoms with van der Waals surface area (Å²) in [6.07, 6.45) is 1.82. The monoisotopic (exact) mass is 238 g/mol. The van der Waals surface area contributed by atoms with E-state index in [4.69, 9.17) is 5.11 Å². The molecule has 0 aliphatic heterocycles. The van der Waals surface area contributed by atoms with Gasteiger partial charge in [-0.2, -0.15) is 0 Å². The lowest BCUT2D eigenvalue weighted by Gasteiger charge is -1.99. The van der Waals surface area contributed by atoms with E-state index < -0.39 is 5.97 Å². The fourth-order valence-electron chi connectivity index (χ4n) is 1.99. The van der Waals surface area contributed by atoms with Crippen LogP contribution >= 0.6 is 0 Å². The number of aromatic nitrogens is 2. The Morgan fingerprint density at radius 3 is 2.50 bits per heavy atom. The van der Waals surface area contributed by atoms with Crippen molar-refractivity contribution in [1.82, 2.24) is 9.38 Å². The summed E-state index contributed by atoms with van der Waals surface area (Å²) in [6, 6.07) is 15.0. The Labute approximate surface area is 103 Å². The minimum atomic E-state index is -1.01. The van der Waals surface area contributed by atoms with Gasteiger partial charge in [0.2, 0.25) is 0 Å². The van der Waals surface area contributed by atoms with Crippen molar-refractivity contribution in [2.75, 3.05) is 0 Å². The molecule has 0 aliphatic carbocycles. The molecular formula is C14H10N2O2. The third-order valence-corrected chi connectivity index (χ3v) is 2.78. The molecule has 0 spiro atoms. The molecule has 0 saturated heterocycles. The quantitative estimate of drug-likeness (QED) is 0.746. The minimum Gasteiger partial charge on any atom is -0.476 e. The molecule has 0 amide bonds. The van der Waals surface area contributed by atoms with Crippen LogP contribution in [0.2, 0.25) is 0 Å². The van der Waals surface area contributed by atoms with Crippen molar-refractivity contribution in [2.24, 2.45) is 0 Å². The minimum absolute atomic E-state index is 0.0782. The first-order valence-electron chi connectivity index (χ1n) is 5.53. The number of rotatable bonds is 2. The van der Waals surface area contributed by atoms with Gasteiger partial charge in [-0.1, -0.05) is 36.4 Å². The molecule has 2 aromatic heterocycles. The molecule has 88 valence electrons. The first kappa shape index (κ1) is 10.5. The van der Waals surface area contributed by atoms with Crippen LogP contribution in [0.1, 0.15) is 10.5 Å². The fraction of sp³-hybridized carbons (Fsp3) is 0. The van der Waals surface area contributed by atoms with Crippen LogP contribution in [0.5, 0.6) is 0 Å².